The molecule has 1 aliphatic rings. The zero-order valence-electron chi connectivity index (χ0n) is 20.6. The first-order valence-corrected chi connectivity index (χ1v) is 9.29. The molecule has 1 aliphatic carbocycles. The predicted molar refractivity (Wildman–Crippen MR) is 111 cm³/mol. The van der Waals surface area contributed by atoms with E-state index in [2.05, 4.69) is 30.9 Å². The van der Waals surface area contributed by atoms with Gasteiger partial charge in [0, 0.05) is 33.8 Å². The summed E-state index contributed by atoms with van der Waals surface area (Å²) in [6, 6.07) is 4.66. The van der Waals surface area contributed by atoms with Gasteiger partial charge in [-0.05, 0) is 37.9 Å². The van der Waals surface area contributed by atoms with Crippen molar-refractivity contribution in [1.29, 1.82) is 0 Å². The number of aromatic nitrogens is 5. The van der Waals surface area contributed by atoms with E-state index in [1.165, 1.54) is 12.3 Å². The summed E-state index contributed by atoms with van der Waals surface area (Å²) < 4.78 is 39.2. The summed E-state index contributed by atoms with van der Waals surface area (Å²) in [7, 11) is 0. The van der Waals surface area contributed by atoms with Crippen molar-refractivity contribution >= 4 is 34.3 Å². The second kappa shape index (κ2) is 8.00. The number of nitrogens with two attached hydrogens (primary N) is 2. The normalized spacial score (nSPS) is 22.7. The quantitative estimate of drug-likeness (QED) is 0.489. The Hall–Kier alpha value is -3.27. The summed E-state index contributed by atoms with van der Waals surface area (Å²) in [5.41, 5.74) is 12.2. The molecule has 10 heteroatoms. The van der Waals surface area contributed by atoms with Gasteiger partial charge in [-0.15, -0.1) is 10.2 Å². The minimum absolute atomic E-state index is 0.0155. The smallest absolute Gasteiger partial charge is 0.273 e. The van der Waals surface area contributed by atoms with Crippen molar-refractivity contribution in [3.05, 3.63) is 30.1 Å². The lowest BCUT2D eigenvalue weighted by atomic mass is 9.91. The number of hydrogen-bond acceptors (Lipinski definition) is 8. The van der Waals surface area contributed by atoms with E-state index in [1.807, 2.05) is 0 Å². The third kappa shape index (κ3) is 3.97. The van der Waals surface area contributed by atoms with Gasteiger partial charge >= 0.3 is 0 Å². The fourth-order valence-electron chi connectivity index (χ4n) is 3.48. The molecule has 0 spiro atoms. The SMILES string of the molecule is [2H]C([2H])([2H])C([2H])([2H])n1ncc2cc(Nc3nc(N[C@@H]4CCCC[C@@H]4N)nnc3C(N)=O)ccc21. The van der Waals surface area contributed by atoms with E-state index in [9.17, 15) is 4.79 Å². The van der Waals surface area contributed by atoms with Crippen LogP contribution < -0.4 is 22.1 Å². The molecule has 0 radical (unpaired) electrons. The van der Waals surface area contributed by atoms with E-state index in [0.717, 1.165) is 30.4 Å². The Morgan fingerprint density at radius 1 is 1.38 bits per heavy atom. The van der Waals surface area contributed by atoms with E-state index in [4.69, 9.17) is 18.3 Å². The lowest BCUT2D eigenvalue weighted by Crippen LogP contribution is -2.43. The summed E-state index contributed by atoms with van der Waals surface area (Å²) in [4.78, 5) is 16.2. The van der Waals surface area contributed by atoms with Gasteiger partial charge in [-0.2, -0.15) is 10.1 Å². The fraction of sp³-hybridized carbons (Fsp3) is 0.421. The number of fused-ring (bicyclic) bond motifs is 1. The summed E-state index contributed by atoms with van der Waals surface area (Å²) in [5.74, 6) is -0.531. The van der Waals surface area contributed by atoms with Crippen molar-refractivity contribution < 1.29 is 11.6 Å². The molecule has 2 heterocycles. The number of carbonyl (C=O) groups excluding carboxylic acids is 1. The lowest BCUT2D eigenvalue weighted by molar-refractivity contribution is 0.0995. The minimum atomic E-state index is -2.91. The molecule has 2 atom stereocenters. The Bertz CT molecular complexity index is 1210. The summed E-state index contributed by atoms with van der Waals surface area (Å²) in [5, 5.41) is 18.4. The van der Waals surface area contributed by atoms with Gasteiger partial charge in [-0.3, -0.25) is 9.48 Å². The number of nitrogens with zero attached hydrogens (tertiary/aromatic N) is 5. The van der Waals surface area contributed by atoms with Gasteiger partial charge in [-0.25, -0.2) is 0 Å². The van der Waals surface area contributed by atoms with Crippen LogP contribution in [0.2, 0.25) is 0 Å². The number of anilines is 3. The topological polar surface area (TPSA) is 150 Å². The Morgan fingerprint density at radius 2 is 2.24 bits per heavy atom. The minimum Gasteiger partial charge on any atom is -0.364 e. The van der Waals surface area contributed by atoms with Gasteiger partial charge in [-0.1, -0.05) is 12.8 Å². The second-order valence-electron chi connectivity index (χ2n) is 6.96. The lowest BCUT2D eigenvalue weighted by Gasteiger charge is -2.29. The van der Waals surface area contributed by atoms with E-state index in [1.54, 1.807) is 12.1 Å². The van der Waals surface area contributed by atoms with Gasteiger partial charge in [0.1, 0.15) is 0 Å². The third-order valence-electron chi connectivity index (χ3n) is 4.99. The number of rotatable bonds is 6. The maximum Gasteiger partial charge on any atom is 0.273 e. The molecule has 0 bridgehead atoms. The van der Waals surface area contributed by atoms with E-state index in [-0.39, 0.29) is 35.1 Å². The van der Waals surface area contributed by atoms with Crippen LogP contribution >= 0.6 is 0 Å². The average Bonchev–Trinajstić information content (AvgIpc) is 3.18. The van der Waals surface area contributed by atoms with Gasteiger partial charge < -0.3 is 22.1 Å². The highest BCUT2D eigenvalue weighted by atomic mass is 16.1. The molecule has 0 saturated heterocycles. The molecule has 0 aliphatic heterocycles. The van der Waals surface area contributed by atoms with Crippen LogP contribution in [-0.4, -0.2) is 43.0 Å². The Morgan fingerprint density at radius 3 is 3.03 bits per heavy atom. The first-order chi connectivity index (χ1) is 16.0. The Balaban J connectivity index is 1.63. The molecule has 1 amide bonds. The third-order valence-corrected chi connectivity index (χ3v) is 4.99. The van der Waals surface area contributed by atoms with Crippen LogP contribution in [0.15, 0.2) is 24.4 Å². The van der Waals surface area contributed by atoms with Crippen LogP contribution in [0.4, 0.5) is 17.5 Å². The number of aryl methyl sites for hydroxylation is 1. The highest BCUT2D eigenvalue weighted by Gasteiger charge is 2.23. The van der Waals surface area contributed by atoms with Gasteiger partial charge in [0.05, 0.1) is 14.5 Å². The van der Waals surface area contributed by atoms with Crippen molar-refractivity contribution in [2.45, 2.75) is 51.1 Å². The molecule has 1 aromatic carbocycles. The van der Waals surface area contributed by atoms with E-state index >= 15 is 0 Å². The predicted octanol–water partition coefficient (Wildman–Crippen LogP) is 1.77. The van der Waals surface area contributed by atoms with Crippen molar-refractivity contribution in [3.8, 4) is 0 Å². The molecule has 2 aromatic heterocycles. The second-order valence-corrected chi connectivity index (χ2v) is 6.96. The molecule has 4 rings (SSSR count). The number of carbonyl (C=O) groups is 1. The van der Waals surface area contributed by atoms with Crippen molar-refractivity contribution in [2.75, 3.05) is 10.6 Å². The highest BCUT2D eigenvalue weighted by Crippen LogP contribution is 2.24. The van der Waals surface area contributed by atoms with Crippen LogP contribution in [0.3, 0.4) is 0 Å². The monoisotopic (exact) mass is 400 g/mol. The van der Waals surface area contributed by atoms with Crippen molar-refractivity contribution in [2.24, 2.45) is 11.5 Å². The number of primary amides is 1. The Kier molecular flexibility index (Phi) is 3.81. The summed E-state index contributed by atoms with van der Waals surface area (Å²) in [6.07, 6.45) is 5.22. The van der Waals surface area contributed by atoms with Gasteiger partial charge in [0.2, 0.25) is 5.95 Å². The number of nitrogens with one attached hydrogen (secondary N) is 2. The molecule has 152 valence electrons. The summed E-state index contributed by atoms with van der Waals surface area (Å²) in [6.45, 7) is -5.60. The van der Waals surface area contributed by atoms with Gasteiger partial charge in [0.25, 0.3) is 5.91 Å². The maximum atomic E-state index is 11.9. The van der Waals surface area contributed by atoms with Crippen LogP contribution in [0.5, 0.6) is 0 Å². The first-order valence-electron chi connectivity index (χ1n) is 11.8. The fourth-order valence-corrected chi connectivity index (χ4v) is 3.48. The standard InChI is InChI=1S/C19H25N9O/c1-2-28-15-8-7-12(9-11(15)10-22-28)23-18-16(17(21)29)26-27-19(25-18)24-14-6-4-3-5-13(14)20/h7-10,13-14H,2-6,20H2,1H3,(H2,21,29)(H2,23,24,25,27)/t13-,14+/m0/s1/i1D3,2D2. The van der Waals surface area contributed by atoms with E-state index < -0.39 is 19.3 Å². The van der Waals surface area contributed by atoms with Gasteiger partial charge in [0.15, 0.2) is 11.5 Å². The van der Waals surface area contributed by atoms with Crippen molar-refractivity contribution in [3.63, 3.8) is 0 Å². The van der Waals surface area contributed by atoms with Crippen LogP contribution in [0.1, 0.15) is 49.9 Å². The molecular formula is C19H25N9O. The molecule has 1 saturated carbocycles. The number of amides is 1. The van der Waals surface area contributed by atoms with Crippen molar-refractivity contribution in [1.82, 2.24) is 25.0 Å². The molecule has 6 N–H and O–H groups in total. The molecule has 1 fully saturated rings. The number of benzene rings is 1. The first kappa shape index (κ1) is 13.8. The average molecular weight is 401 g/mol. The van der Waals surface area contributed by atoms with E-state index in [0.29, 0.717) is 11.1 Å². The summed E-state index contributed by atoms with van der Waals surface area (Å²) >= 11 is 0. The molecule has 29 heavy (non-hydrogen) atoms. The molecule has 3 aromatic rings. The molecule has 0 unspecified atom stereocenters. The Labute approximate surface area is 175 Å². The molecule has 10 nitrogen and oxygen atoms in total. The molecular weight excluding hydrogens is 370 g/mol. The van der Waals surface area contributed by atoms with Crippen LogP contribution in [-0.2, 0) is 6.50 Å². The zero-order valence-corrected chi connectivity index (χ0v) is 15.6. The van der Waals surface area contributed by atoms with Crippen LogP contribution in [0, 0.1) is 0 Å². The maximum absolute atomic E-state index is 11.9. The zero-order chi connectivity index (χ0) is 24.7. The van der Waals surface area contributed by atoms with Crippen LogP contribution in [0.25, 0.3) is 10.9 Å². The number of hydrogen-bond donors (Lipinski definition) is 4. The highest BCUT2D eigenvalue weighted by molar-refractivity contribution is 5.96. The largest absolute Gasteiger partial charge is 0.364 e.